The first-order chi connectivity index (χ1) is 15.5. The number of amides is 2. The minimum atomic E-state index is -0.0737. The topological polar surface area (TPSA) is 55.9 Å². The van der Waals surface area contributed by atoms with E-state index in [1.54, 1.807) is 12.1 Å². The summed E-state index contributed by atoms with van der Waals surface area (Å²) < 4.78 is 0. The first-order valence-electron chi connectivity index (χ1n) is 11.0. The fourth-order valence-corrected chi connectivity index (χ4v) is 5.38. The van der Waals surface area contributed by atoms with Crippen LogP contribution in [0.2, 0.25) is 5.02 Å². The molecule has 0 unspecified atom stereocenters. The van der Waals surface area contributed by atoms with Crippen molar-refractivity contribution in [3.63, 3.8) is 0 Å². The van der Waals surface area contributed by atoms with Gasteiger partial charge in [0.05, 0.1) is 29.5 Å². The molecule has 2 aliphatic heterocycles. The maximum absolute atomic E-state index is 13.2. The molecule has 1 N–H and O–H groups in total. The monoisotopic (exact) mass is 472 g/mol. The van der Waals surface area contributed by atoms with E-state index in [-0.39, 0.29) is 11.8 Å². The number of hydrogen-bond acceptors (Lipinski definition) is 5. The van der Waals surface area contributed by atoms with Crippen molar-refractivity contribution < 1.29 is 9.59 Å². The van der Waals surface area contributed by atoms with E-state index in [1.807, 2.05) is 47.0 Å². The number of anilines is 2. The third kappa shape index (κ3) is 5.84. The largest absolute Gasteiger partial charge is 0.324 e. The number of thioether (sulfide) groups is 1. The molecule has 2 aromatic carbocycles. The highest BCUT2D eigenvalue weighted by atomic mass is 35.5. The summed E-state index contributed by atoms with van der Waals surface area (Å²) in [5.74, 6) is 0.0764. The molecule has 0 aliphatic carbocycles. The molecule has 6 nitrogen and oxygen atoms in total. The lowest BCUT2D eigenvalue weighted by Crippen LogP contribution is -2.51. The van der Waals surface area contributed by atoms with Crippen LogP contribution in [0.4, 0.5) is 11.4 Å². The second kappa shape index (κ2) is 10.7. The van der Waals surface area contributed by atoms with Crippen LogP contribution in [0.3, 0.4) is 0 Å². The first-order valence-corrected chi connectivity index (χ1v) is 12.3. The predicted molar refractivity (Wildman–Crippen MR) is 132 cm³/mol. The van der Waals surface area contributed by atoms with E-state index in [4.69, 9.17) is 11.6 Å². The van der Waals surface area contributed by atoms with Crippen molar-refractivity contribution in [3.05, 3.63) is 53.6 Å². The Labute approximate surface area is 198 Å². The molecule has 2 aromatic rings. The molecule has 0 spiro atoms. The second-order valence-electron chi connectivity index (χ2n) is 8.31. The van der Waals surface area contributed by atoms with Gasteiger partial charge in [-0.3, -0.25) is 19.4 Å². The summed E-state index contributed by atoms with van der Waals surface area (Å²) in [5.41, 5.74) is 1.66. The third-order valence-electron chi connectivity index (χ3n) is 5.88. The number of para-hydroxylation sites is 2. The molecule has 1 fully saturated rings. The van der Waals surface area contributed by atoms with Gasteiger partial charge in [-0.15, -0.1) is 11.8 Å². The van der Waals surface area contributed by atoms with E-state index >= 15 is 0 Å². The van der Waals surface area contributed by atoms with Crippen molar-refractivity contribution >= 4 is 46.6 Å². The van der Waals surface area contributed by atoms with Gasteiger partial charge in [-0.1, -0.05) is 42.8 Å². The molecule has 1 atom stereocenters. The van der Waals surface area contributed by atoms with Crippen LogP contribution >= 0.6 is 23.4 Å². The number of nitrogens with zero attached hydrogens (tertiary/aromatic N) is 3. The van der Waals surface area contributed by atoms with Gasteiger partial charge in [0.15, 0.2) is 0 Å². The fraction of sp³-hybridized carbons (Fsp3) is 0.417. The Morgan fingerprint density at radius 3 is 2.38 bits per heavy atom. The summed E-state index contributed by atoms with van der Waals surface area (Å²) in [4.78, 5) is 33.0. The highest BCUT2D eigenvalue weighted by molar-refractivity contribution is 8.00. The average molecular weight is 473 g/mol. The zero-order valence-electron chi connectivity index (χ0n) is 18.3. The molecule has 0 radical (unpaired) electrons. The lowest BCUT2D eigenvalue weighted by Gasteiger charge is -2.35. The number of benzene rings is 2. The third-order valence-corrected chi connectivity index (χ3v) is 7.45. The highest BCUT2D eigenvalue weighted by Crippen LogP contribution is 2.37. The fourth-order valence-electron chi connectivity index (χ4n) is 4.08. The van der Waals surface area contributed by atoms with Gasteiger partial charge in [0.25, 0.3) is 0 Å². The zero-order chi connectivity index (χ0) is 22.5. The molecule has 32 heavy (non-hydrogen) atoms. The number of carbonyl (C=O) groups excluding carboxylic acids is 2. The molecule has 2 heterocycles. The SMILES string of the molecule is C[C@@H]1CCN(C(=O)CN2CCN(CC(=O)Nc3ccccc3Cl)CC2)c2ccccc2S1. The lowest BCUT2D eigenvalue weighted by molar-refractivity contribution is -0.121. The van der Waals surface area contributed by atoms with Crippen molar-refractivity contribution in [2.24, 2.45) is 0 Å². The molecule has 0 bridgehead atoms. The summed E-state index contributed by atoms with van der Waals surface area (Å²) in [6, 6.07) is 15.4. The predicted octanol–water partition coefficient (Wildman–Crippen LogP) is 3.81. The summed E-state index contributed by atoms with van der Waals surface area (Å²) in [6.45, 7) is 6.76. The Kier molecular flexibility index (Phi) is 7.73. The van der Waals surface area contributed by atoms with Gasteiger partial charge >= 0.3 is 0 Å². The summed E-state index contributed by atoms with van der Waals surface area (Å²) in [7, 11) is 0. The Morgan fingerprint density at radius 1 is 0.969 bits per heavy atom. The molecule has 2 aliphatic rings. The number of nitrogens with one attached hydrogen (secondary N) is 1. The van der Waals surface area contributed by atoms with Gasteiger partial charge in [-0.2, -0.15) is 0 Å². The van der Waals surface area contributed by atoms with Crippen molar-refractivity contribution in [2.45, 2.75) is 23.5 Å². The van der Waals surface area contributed by atoms with Gasteiger partial charge in [-0.05, 0) is 30.7 Å². The average Bonchev–Trinajstić information content (AvgIpc) is 2.95. The number of carbonyl (C=O) groups is 2. The van der Waals surface area contributed by atoms with Crippen LogP contribution in [0, 0.1) is 0 Å². The molecular weight excluding hydrogens is 444 g/mol. The molecular formula is C24H29ClN4O2S. The number of rotatable bonds is 5. The Morgan fingerprint density at radius 2 is 1.62 bits per heavy atom. The van der Waals surface area contributed by atoms with Crippen molar-refractivity contribution in [2.75, 3.05) is 56.0 Å². The minimum absolute atomic E-state index is 0.0737. The van der Waals surface area contributed by atoms with E-state index in [0.29, 0.717) is 29.0 Å². The standard InChI is InChI=1S/C24H29ClN4O2S/c1-18-10-11-29(21-8-4-5-9-22(21)32-18)24(31)17-28-14-12-27(13-15-28)16-23(30)26-20-7-3-2-6-19(20)25/h2-9,18H,10-17H2,1H3,(H,26,30)/t18-/m1/s1. The quantitative estimate of drug-likeness (QED) is 0.717. The Hall–Kier alpha value is -2.06. The van der Waals surface area contributed by atoms with Crippen LogP contribution in [0.15, 0.2) is 53.4 Å². The molecule has 170 valence electrons. The van der Waals surface area contributed by atoms with E-state index in [2.05, 4.69) is 28.1 Å². The van der Waals surface area contributed by atoms with Gasteiger partial charge in [0, 0.05) is 42.9 Å². The van der Waals surface area contributed by atoms with Crippen LogP contribution < -0.4 is 10.2 Å². The van der Waals surface area contributed by atoms with Crippen LogP contribution in [0.5, 0.6) is 0 Å². The van der Waals surface area contributed by atoms with Crippen LogP contribution in [-0.4, -0.2) is 72.7 Å². The smallest absolute Gasteiger partial charge is 0.241 e. The number of halogens is 1. The van der Waals surface area contributed by atoms with E-state index < -0.39 is 0 Å². The lowest BCUT2D eigenvalue weighted by atomic mass is 10.2. The first kappa shape index (κ1) is 23.1. The van der Waals surface area contributed by atoms with Gasteiger partial charge in [0.2, 0.25) is 11.8 Å². The molecule has 0 saturated carbocycles. The Balaban J connectivity index is 1.27. The number of piperazine rings is 1. The molecule has 0 aromatic heterocycles. The summed E-state index contributed by atoms with van der Waals surface area (Å²) in [5, 5.41) is 3.90. The Bertz CT molecular complexity index is 965. The van der Waals surface area contributed by atoms with Crippen molar-refractivity contribution in [1.82, 2.24) is 9.80 Å². The van der Waals surface area contributed by atoms with Gasteiger partial charge in [0.1, 0.15) is 0 Å². The van der Waals surface area contributed by atoms with Crippen LogP contribution in [0.1, 0.15) is 13.3 Å². The maximum atomic E-state index is 13.2. The number of fused-ring (bicyclic) bond motifs is 1. The van der Waals surface area contributed by atoms with E-state index in [1.165, 1.54) is 4.90 Å². The molecule has 4 rings (SSSR count). The second-order valence-corrected chi connectivity index (χ2v) is 10.2. The molecule has 8 heteroatoms. The van der Waals surface area contributed by atoms with Crippen LogP contribution in [-0.2, 0) is 9.59 Å². The summed E-state index contributed by atoms with van der Waals surface area (Å²) >= 11 is 7.97. The van der Waals surface area contributed by atoms with Crippen LogP contribution in [0.25, 0.3) is 0 Å². The summed E-state index contributed by atoms with van der Waals surface area (Å²) in [6.07, 6.45) is 0.986. The highest BCUT2D eigenvalue weighted by Gasteiger charge is 2.27. The van der Waals surface area contributed by atoms with E-state index in [9.17, 15) is 9.59 Å². The normalized spacial score (nSPS) is 19.8. The molecule has 2 amide bonds. The van der Waals surface area contributed by atoms with Crippen molar-refractivity contribution in [1.29, 1.82) is 0 Å². The number of hydrogen-bond donors (Lipinski definition) is 1. The van der Waals surface area contributed by atoms with Gasteiger partial charge in [-0.25, -0.2) is 0 Å². The zero-order valence-corrected chi connectivity index (χ0v) is 19.9. The molecule has 1 saturated heterocycles. The van der Waals surface area contributed by atoms with Gasteiger partial charge < -0.3 is 10.2 Å². The van der Waals surface area contributed by atoms with E-state index in [0.717, 1.165) is 44.8 Å². The van der Waals surface area contributed by atoms with Crippen molar-refractivity contribution in [3.8, 4) is 0 Å². The maximum Gasteiger partial charge on any atom is 0.241 e. The minimum Gasteiger partial charge on any atom is -0.324 e.